The number of carboxylic acids is 1. The molecule has 0 fully saturated rings. The highest BCUT2D eigenvalue weighted by Crippen LogP contribution is 2.21. The van der Waals surface area contributed by atoms with Gasteiger partial charge in [-0.1, -0.05) is 6.92 Å². The number of nitrogens with zero attached hydrogens (tertiary/aromatic N) is 4. The van der Waals surface area contributed by atoms with E-state index in [1.165, 1.54) is 17.9 Å². The summed E-state index contributed by atoms with van der Waals surface area (Å²) >= 11 is 0. The second-order valence-corrected chi connectivity index (χ2v) is 3.55. The van der Waals surface area contributed by atoms with Gasteiger partial charge in [0.2, 0.25) is 0 Å². The van der Waals surface area contributed by atoms with Gasteiger partial charge in [-0.05, 0) is 28.6 Å². The summed E-state index contributed by atoms with van der Waals surface area (Å²) in [4.78, 5) is 11.2. The highest BCUT2D eigenvalue weighted by molar-refractivity contribution is 5.92. The van der Waals surface area contributed by atoms with Crippen LogP contribution in [0, 0.1) is 0 Å². The summed E-state index contributed by atoms with van der Waals surface area (Å²) in [6, 6.07) is 4.74. The third-order valence-electron chi connectivity index (χ3n) is 2.51. The molecule has 0 spiro atoms. The Morgan fingerprint density at radius 1 is 1.50 bits per heavy atom. The van der Waals surface area contributed by atoms with Crippen LogP contribution in [0.1, 0.15) is 23.1 Å². The highest BCUT2D eigenvalue weighted by atomic mass is 16.5. The molecule has 1 aromatic heterocycles. The van der Waals surface area contributed by atoms with Gasteiger partial charge in [-0.2, -0.15) is 4.68 Å². The molecule has 0 radical (unpaired) electrons. The quantitative estimate of drug-likeness (QED) is 0.865. The molecule has 7 heteroatoms. The lowest BCUT2D eigenvalue weighted by molar-refractivity contribution is 0.0696. The van der Waals surface area contributed by atoms with Gasteiger partial charge in [-0.15, -0.1) is 5.10 Å². The van der Waals surface area contributed by atoms with E-state index in [0.29, 0.717) is 23.7 Å². The zero-order valence-electron chi connectivity index (χ0n) is 9.99. The zero-order chi connectivity index (χ0) is 13.1. The summed E-state index contributed by atoms with van der Waals surface area (Å²) < 4.78 is 6.43. The number of rotatable bonds is 4. The number of aryl methyl sites for hydroxylation is 1. The third kappa shape index (κ3) is 2.02. The zero-order valence-corrected chi connectivity index (χ0v) is 9.99. The van der Waals surface area contributed by atoms with Gasteiger partial charge < -0.3 is 9.84 Å². The average Bonchev–Trinajstić information content (AvgIpc) is 2.86. The molecule has 0 saturated heterocycles. The SMILES string of the molecule is CCc1nnnn1-c1ccc(OC)cc1C(=O)O. The average molecular weight is 248 g/mol. The van der Waals surface area contributed by atoms with Gasteiger partial charge in [0.1, 0.15) is 5.75 Å². The molecule has 0 saturated carbocycles. The Morgan fingerprint density at radius 2 is 2.28 bits per heavy atom. The monoisotopic (exact) mass is 248 g/mol. The van der Waals surface area contributed by atoms with E-state index >= 15 is 0 Å². The van der Waals surface area contributed by atoms with Crippen LogP contribution in [-0.4, -0.2) is 38.4 Å². The molecule has 0 aliphatic rings. The number of carbonyl (C=O) groups is 1. The van der Waals surface area contributed by atoms with Crippen molar-refractivity contribution in [3.8, 4) is 11.4 Å². The minimum atomic E-state index is -1.05. The molecule has 18 heavy (non-hydrogen) atoms. The van der Waals surface area contributed by atoms with Crippen LogP contribution in [0.25, 0.3) is 5.69 Å². The first-order chi connectivity index (χ1) is 8.67. The van der Waals surface area contributed by atoms with Crippen molar-refractivity contribution in [1.29, 1.82) is 0 Å². The van der Waals surface area contributed by atoms with Crippen molar-refractivity contribution < 1.29 is 14.6 Å². The van der Waals surface area contributed by atoms with E-state index in [4.69, 9.17) is 4.74 Å². The number of benzene rings is 1. The van der Waals surface area contributed by atoms with E-state index in [0.717, 1.165) is 0 Å². The second-order valence-electron chi connectivity index (χ2n) is 3.55. The van der Waals surface area contributed by atoms with Crippen LogP contribution in [0.2, 0.25) is 0 Å². The molecule has 1 heterocycles. The number of ether oxygens (including phenoxy) is 1. The molecule has 1 N–H and O–H groups in total. The van der Waals surface area contributed by atoms with E-state index in [9.17, 15) is 9.90 Å². The van der Waals surface area contributed by atoms with Gasteiger partial charge in [0.25, 0.3) is 0 Å². The summed E-state index contributed by atoms with van der Waals surface area (Å²) in [6.07, 6.45) is 0.609. The predicted molar refractivity (Wildman–Crippen MR) is 62.0 cm³/mol. The lowest BCUT2D eigenvalue weighted by Gasteiger charge is -2.08. The van der Waals surface area contributed by atoms with Crippen LogP contribution in [0.3, 0.4) is 0 Å². The van der Waals surface area contributed by atoms with Gasteiger partial charge in [0, 0.05) is 6.42 Å². The molecule has 0 unspecified atom stereocenters. The van der Waals surface area contributed by atoms with Crippen LogP contribution < -0.4 is 4.74 Å². The lowest BCUT2D eigenvalue weighted by atomic mass is 10.1. The molecule has 0 amide bonds. The molecule has 7 nitrogen and oxygen atoms in total. The Balaban J connectivity index is 2.60. The van der Waals surface area contributed by atoms with E-state index in [1.54, 1.807) is 12.1 Å². The number of aromatic carboxylic acids is 1. The smallest absolute Gasteiger partial charge is 0.338 e. The van der Waals surface area contributed by atoms with Gasteiger partial charge in [-0.3, -0.25) is 0 Å². The second kappa shape index (κ2) is 4.82. The number of aromatic nitrogens is 4. The van der Waals surface area contributed by atoms with E-state index in [2.05, 4.69) is 15.5 Å². The predicted octanol–water partition coefficient (Wildman–Crippen LogP) is 0.931. The Morgan fingerprint density at radius 3 is 2.89 bits per heavy atom. The maximum atomic E-state index is 11.2. The first-order valence-corrected chi connectivity index (χ1v) is 5.36. The molecule has 0 atom stereocenters. The van der Waals surface area contributed by atoms with Crippen LogP contribution in [0.15, 0.2) is 18.2 Å². The van der Waals surface area contributed by atoms with Gasteiger partial charge in [0.15, 0.2) is 5.82 Å². The van der Waals surface area contributed by atoms with Crippen molar-refractivity contribution in [2.24, 2.45) is 0 Å². The Kier molecular flexibility index (Phi) is 3.22. The summed E-state index contributed by atoms with van der Waals surface area (Å²) in [5, 5.41) is 20.4. The lowest BCUT2D eigenvalue weighted by Crippen LogP contribution is -2.09. The third-order valence-corrected chi connectivity index (χ3v) is 2.51. The Hall–Kier alpha value is -2.44. The minimum absolute atomic E-state index is 0.0938. The van der Waals surface area contributed by atoms with Crippen LogP contribution in [-0.2, 0) is 6.42 Å². The van der Waals surface area contributed by atoms with Crippen LogP contribution >= 0.6 is 0 Å². The molecule has 2 aromatic rings. The molecule has 0 aliphatic heterocycles. The molecule has 2 rings (SSSR count). The number of methoxy groups -OCH3 is 1. The Bertz CT molecular complexity index is 579. The largest absolute Gasteiger partial charge is 0.497 e. The van der Waals surface area contributed by atoms with Gasteiger partial charge in [-0.25, -0.2) is 4.79 Å². The first kappa shape index (κ1) is 12.0. The Labute approximate surface area is 103 Å². The van der Waals surface area contributed by atoms with Crippen LogP contribution in [0.4, 0.5) is 0 Å². The summed E-state index contributed by atoms with van der Waals surface area (Å²) in [5.41, 5.74) is 0.515. The van der Waals surface area contributed by atoms with Crippen molar-refractivity contribution in [1.82, 2.24) is 20.2 Å². The normalized spacial score (nSPS) is 10.3. The fourth-order valence-corrected chi connectivity index (χ4v) is 1.61. The van der Waals surface area contributed by atoms with Gasteiger partial charge >= 0.3 is 5.97 Å². The fourth-order valence-electron chi connectivity index (χ4n) is 1.61. The van der Waals surface area contributed by atoms with Crippen molar-refractivity contribution in [2.75, 3.05) is 7.11 Å². The maximum absolute atomic E-state index is 11.2. The number of tetrazole rings is 1. The number of carboxylic acid groups (broad SMARTS) is 1. The van der Waals surface area contributed by atoms with Crippen molar-refractivity contribution in [3.63, 3.8) is 0 Å². The molecule has 1 aromatic carbocycles. The molecular weight excluding hydrogens is 236 g/mol. The van der Waals surface area contributed by atoms with Crippen molar-refractivity contribution >= 4 is 5.97 Å². The standard InChI is InChI=1S/C11H12N4O3/c1-3-10-12-13-14-15(10)9-5-4-7(18-2)6-8(9)11(16)17/h4-6H,3H2,1-2H3,(H,16,17). The van der Waals surface area contributed by atoms with Crippen molar-refractivity contribution in [2.45, 2.75) is 13.3 Å². The number of hydrogen-bond donors (Lipinski definition) is 1. The summed E-state index contributed by atoms with van der Waals surface area (Å²) in [7, 11) is 1.48. The van der Waals surface area contributed by atoms with Crippen molar-refractivity contribution in [3.05, 3.63) is 29.6 Å². The topological polar surface area (TPSA) is 90.1 Å². The number of hydrogen-bond acceptors (Lipinski definition) is 5. The highest BCUT2D eigenvalue weighted by Gasteiger charge is 2.16. The summed E-state index contributed by atoms with van der Waals surface area (Å²) in [6.45, 7) is 1.89. The van der Waals surface area contributed by atoms with E-state index in [1.807, 2.05) is 6.92 Å². The minimum Gasteiger partial charge on any atom is -0.497 e. The van der Waals surface area contributed by atoms with E-state index < -0.39 is 5.97 Å². The molecule has 94 valence electrons. The summed E-state index contributed by atoms with van der Waals surface area (Å²) in [5.74, 6) is 0.0198. The first-order valence-electron chi connectivity index (χ1n) is 5.36. The van der Waals surface area contributed by atoms with Crippen LogP contribution in [0.5, 0.6) is 5.75 Å². The fraction of sp³-hybridized carbons (Fsp3) is 0.273. The maximum Gasteiger partial charge on any atom is 0.338 e. The molecule has 0 aliphatic carbocycles. The van der Waals surface area contributed by atoms with Gasteiger partial charge in [0.05, 0.1) is 18.4 Å². The molecule has 0 bridgehead atoms. The van der Waals surface area contributed by atoms with E-state index in [-0.39, 0.29) is 5.56 Å². The molecular formula is C11H12N4O3.